The Balaban J connectivity index is 3.90. The van der Waals surface area contributed by atoms with Gasteiger partial charge in [0.2, 0.25) is 0 Å². The topological polar surface area (TPSA) is 12.4 Å². The Morgan fingerprint density at radius 2 is 2.20 bits per heavy atom. The van der Waals surface area contributed by atoms with Crippen LogP contribution in [0.3, 0.4) is 0 Å². The minimum absolute atomic E-state index is 1.00. The predicted molar refractivity (Wildman–Crippen MR) is 47.3 cm³/mol. The van der Waals surface area contributed by atoms with E-state index in [0.717, 1.165) is 5.71 Å². The van der Waals surface area contributed by atoms with Crippen molar-refractivity contribution in [2.75, 3.05) is 0 Å². The molecule has 0 spiro atoms. The second-order valence-corrected chi connectivity index (χ2v) is 1.85. The van der Waals surface area contributed by atoms with Crippen LogP contribution >= 0.6 is 0 Å². The van der Waals surface area contributed by atoms with Crippen molar-refractivity contribution in [3.8, 4) is 0 Å². The molecule has 0 aliphatic heterocycles. The van der Waals surface area contributed by atoms with Gasteiger partial charge < -0.3 is 0 Å². The molecule has 0 fully saturated rings. The van der Waals surface area contributed by atoms with Gasteiger partial charge in [-0.1, -0.05) is 18.7 Å². The summed E-state index contributed by atoms with van der Waals surface area (Å²) in [6, 6.07) is 0. The van der Waals surface area contributed by atoms with Crippen LogP contribution in [0.2, 0.25) is 0 Å². The van der Waals surface area contributed by atoms with Gasteiger partial charge in [-0.3, -0.25) is 4.99 Å². The van der Waals surface area contributed by atoms with Crippen LogP contribution in [-0.4, -0.2) is 5.71 Å². The standard InChI is InChI=1S/C9H13N/c1-4-6-8-10-9(3)7-5-2/h4-8H,1H2,2-3H3/b7-5+,8-6-,10-9+. The molecule has 0 unspecified atom stereocenters. The fraction of sp³-hybridized carbons (Fsp3) is 0.222. The molecule has 0 aliphatic carbocycles. The van der Waals surface area contributed by atoms with Crippen LogP contribution in [0.25, 0.3) is 0 Å². The highest BCUT2D eigenvalue weighted by Crippen LogP contribution is 1.83. The number of rotatable bonds is 3. The molecule has 1 heteroatoms. The van der Waals surface area contributed by atoms with Gasteiger partial charge >= 0.3 is 0 Å². The monoisotopic (exact) mass is 135 g/mol. The fourth-order valence-corrected chi connectivity index (χ4v) is 0.506. The van der Waals surface area contributed by atoms with E-state index in [-0.39, 0.29) is 0 Å². The molecule has 0 aromatic carbocycles. The van der Waals surface area contributed by atoms with E-state index in [1.165, 1.54) is 0 Å². The zero-order valence-corrected chi connectivity index (χ0v) is 6.54. The number of nitrogens with zero attached hydrogens (tertiary/aromatic N) is 1. The molecule has 10 heavy (non-hydrogen) atoms. The van der Waals surface area contributed by atoms with Gasteiger partial charge in [0, 0.05) is 11.9 Å². The molecule has 0 heterocycles. The fourth-order valence-electron chi connectivity index (χ4n) is 0.506. The van der Waals surface area contributed by atoms with Gasteiger partial charge in [-0.05, 0) is 26.0 Å². The summed E-state index contributed by atoms with van der Waals surface area (Å²) in [6.45, 7) is 7.45. The van der Waals surface area contributed by atoms with E-state index in [1.54, 1.807) is 18.4 Å². The lowest BCUT2D eigenvalue weighted by Crippen LogP contribution is -1.79. The Morgan fingerprint density at radius 3 is 2.70 bits per heavy atom. The molecular weight excluding hydrogens is 122 g/mol. The van der Waals surface area contributed by atoms with E-state index in [0.29, 0.717) is 0 Å². The quantitative estimate of drug-likeness (QED) is 0.417. The SMILES string of the molecule is C=C\C=C/N=C(C)/C=C/C. The molecule has 0 radical (unpaired) electrons. The minimum Gasteiger partial charge on any atom is -0.262 e. The summed E-state index contributed by atoms with van der Waals surface area (Å²) in [6.07, 6.45) is 9.13. The number of aliphatic imine (C=N–C) groups is 1. The van der Waals surface area contributed by atoms with Crippen molar-refractivity contribution in [3.05, 3.63) is 37.1 Å². The van der Waals surface area contributed by atoms with Gasteiger partial charge in [0.15, 0.2) is 0 Å². The second kappa shape index (κ2) is 6.02. The van der Waals surface area contributed by atoms with Gasteiger partial charge in [-0.25, -0.2) is 0 Å². The van der Waals surface area contributed by atoms with Crippen molar-refractivity contribution in [3.63, 3.8) is 0 Å². The van der Waals surface area contributed by atoms with Crippen LogP contribution in [0.5, 0.6) is 0 Å². The van der Waals surface area contributed by atoms with Gasteiger partial charge in [0.05, 0.1) is 0 Å². The molecule has 0 amide bonds. The summed E-state index contributed by atoms with van der Waals surface area (Å²) in [5.74, 6) is 0. The summed E-state index contributed by atoms with van der Waals surface area (Å²) < 4.78 is 0. The Bertz CT molecular complexity index is 173. The van der Waals surface area contributed by atoms with Crippen molar-refractivity contribution in [2.45, 2.75) is 13.8 Å². The maximum Gasteiger partial charge on any atom is 0.0369 e. The summed E-state index contributed by atoms with van der Waals surface area (Å²) in [5.41, 5.74) is 1.00. The average Bonchev–Trinajstić information content (AvgIpc) is 1.89. The number of allylic oxidation sites excluding steroid dienone is 4. The van der Waals surface area contributed by atoms with Crippen LogP contribution in [0, 0.1) is 0 Å². The molecule has 0 bridgehead atoms. The lowest BCUT2D eigenvalue weighted by atomic mass is 10.4. The number of hydrogen-bond donors (Lipinski definition) is 0. The Hall–Kier alpha value is -1.11. The van der Waals surface area contributed by atoms with Crippen LogP contribution in [0.1, 0.15) is 13.8 Å². The van der Waals surface area contributed by atoms with E-state index in [9.17, 15) is 0 Å². The molecule has 0 saturated carbocycles. The molecule has 0 atom stereocenters. The van der Waals surface area contributed by atoms with Crippen LogP contribution < -0.4 is 0 Å². The van der Waals surface area contributed by atoms with E-state index in [1.807, 2.05) is 26.0 Å². The zero-order chi connectivity index (χ0) is 7.82. The summed E-state index contributed by atoms with van der Waals surface area (Å²) in [4.78, 5) is 4.08. The van der Waals surface area contributed by atoms with E-state index in [2.05, 4.69) is 11.6 Å². The first-order valence-electron chi connectivity index (χ1n) is 3.26. The maximum absolute atomic E-state index is 4.08. The van der Waals surface area contributed by atoms with Crippen molar-refractivity contribution in [1.82, 2.24) is 0 Å². The molecule has 0 saturated heterocycles. The van der Waals surface area contributed by atoms with Crippen LogP contribution in [-0.2, 0) is 0 Å². The maximum atomic E-state index is 4.08. The summed E-state index contributed by atoms with van der Waals surface area (Å²) >= 11 is 0. The molecular formula is C9H13N. The molecule has 0 rings (SSSR count). The smallest absolute Gasteiger partial charge is 0.0369 e. The normalized spacial score (nSPS) is 13.2. The molecule has 0 aromatic rings. The van der Waals surface area contributed by atoms with Gasteiger partial charge in [-0.15, -0.1) is 0 Å². The second-order valence-electron chi connectivity index (χ2n) is 1.85. The highest BCUT2D eigenvalue weighted by molar-refractivity contribution is 5.93. The van der Waals surface area contributed by atoms with Gasteiger partial charge in [0.25, 0.3) is 0 Å². The first-order valence-corrected chi connectivity index (χ1v) is 3.26. The van der Waals surface area contributed by atoms with Crippen LogP contribution in [0.4, 0.5) is 0 Å². The molecule has 54 valence electrons. The zero-order valence-electron chi connectivity index (χ0n) is 6.54. The van der Waals surface area contributed by atoms with Crippen molar-refractivity contribution < 1.29 is 0 Å². The Labute approximate surface area is 62.5 Å². The van der Waals surface area contributed by atoms with E-state index < -0.39 is 0 Å². The third-order valence-electron chi connectivity index (χ3n) is 0.908. The first kappa shape index (κ1) is 8.89. The minimum atomic E-state index is 1.00. The Morgan fingerprint density at radius 1 is 1.50 bits per heavy atom. The van der Waals surface area contributed by atoms with Crippen molar-refractivity contribution >= 4 is 5.71 Å². The molecule has 1 nitrogen and oxygen atoms in total. The van der Waals surface area contributed by atoms with E-state index >= 15 is 0 Å². The lowest BCUT2D eigenvalue weighted by molar-refractivity contribution is 1.53. The molecule has 0 N–H and O–H groups in total. The first-order chi connectivity index (χ1) is 4.81. The average molecular weight is 135 g/mol. The van der Waals surface area contributed by atoms with Crippen LogP contribution in [0.15, 0.2) is 42.1 Å². The highest BCUT2D eigenvalue weighted by Gasteiger charge is 1.74. The molecule has 0 aliphatic rings. The van der Waals surface area contributed by atoms with E-state index in [4.69, 9.17) is 0 Å². The third-order valence-corrected chi connectivity index (χ3v) is 0.908. The lowest BCUT2D eigenvalue weighted by Gasteiger charge is -1.83. The van der Waals surface area contributed by atoms with Crippen molar-refractivity contribution in [1.29, 1.82) is 0 Å². The van der Waals surface area contributed by atoms with Crippen molar-refractivity contribution in [2.24, 2.45) is 4.99 Å². The third kappa shape index (κ3) is 5.04. The molecule has 0 aromatic heterocycles. The largest absolute Gasteiger partial charge is 0.262 e. The van der Waals surface area contributed by atoms with Gasteiger partial charge in [-0.2, -0.15) is 0 Å². The highest BCUT2D eigenvalue weighted by atomic mass is 14.7. The van der Waals surface area contributed by atoms with Gasteiger partial charge in [0.1, 0.15) is 0 Å². The summed E-state index contributed by atoms with van der Waals surface area (Å²) in [5, 5.41) is 0. The summed E-state index contributed by atoms with van der Waals surface area (Å²) in [7, 11) is 0. The number of hydrogen-bond acceptors (Lipinski definition) is 1. The predicted octanol–water partition coefficient (Wildman–Crippen LogP) is 2.72. The Kier molecular flexibility index (Phi) is 5.35.